The number of fused-ring (bicyclic) bond motifs is 3. The highest BCUT2D eigenvalue weighted by Crippen LogP contribution is 2.29. The zero-order valence-corrected chi connectivity index (χ0v) is 9.03. The number of carboxylic acid groups (broad SMARTS) is 1. The van der Waals surface area contributed by atoms with Crippen molar-refractivity contribution >= 4 is 17.0 Å². The molecule has 1 aliphatic rings. The summed E-state index contributed by atoms with van der Waals surface area (Å²) < 4.78 is 14.4. The summed E-state index contributed by atoms with van der Waals surface area (Å²) in [6.45, 7) is 1.33. The van der Waals surface area contributed by atoms with Gasteiger partial charge in [-0.2, -0.15) is 0 Å². The summed E-state index contributed by atoms with van der Waals surface area (Å²) in [5.74, 6) is -0.414. The van der Waals surface area contributed by atoms with Crippen LogP contribution in [0.15, 0.2) is 18.2 Å². The standard InChI is InChI=1S/C12H11FN2O2/c13-7-1-2-8-9-3-4-14-6-11(9)15(12(16)17)10(8)5-7/h1-2,5,14H,3-4,6H2,(H,16,17). The maximum absolute atomic E-state index is 13.2. The zero-order valence-electron chi connectivity index (χ0n) is 9.03. The van der Waals surface area contributed by atoms with Crippen LogP contribution in [0, 0.1) is 5.82 Å². The molecule has 0 amide bonds. The maximum atomic E-state index is 13.2. The molecule has 0 aliphatic carbocycles. The van der Waals surface area contributed by atoms with Gasteiger partial charge in [0.2, 0.25) is 0 Å². The van der Waals surface area contributed by atoms with Gasteiger partial charge in [0.25, 0.3) is 0 Å². The minimum Gasteiger partial charge on any atom is -0.464 e. The fraction of sp³-hybridized carbons (Fsp3) is 0.250. The molecule has 5 heteroatoms. The van der Waals surface area contributed by atoms with Crippen molar-refractivity contribution < 1.29 is 14.3 Å². The van der Waals surface area contributed by atoms with Crippen LogP contribution in [0.5, 0.6) is 0 Å². The SMILES string of the molecule is O=C(O)n1c2c(c3ccc(F)cc31)CCNC2. The Morgan fingerprint density at radius 1 is 1.47 bits per heavy atom. The van der Waals surface area contributed by atoms with Gasteiger partial charge in [0.1, 0.15) is 5.82 Å². The number of halogens is 1. The summed E-state index contributed by atoms with van der Waals surface area (Å²) in [6, 6.07) is 4.31. The molecule has 17 heavy (non-hydrogen) atoms. The van der Waals surface area contributed by atoms with Crippen LogP contribution < -0.4 is 5.32 Å². The van der Waals surface area contributed by atoms with Gasteiger partial charge in [-0.3, -0.25) is 0 Å². The van der Waals surface area contributed by atoms with Gasteiger partial charge >= 0.3 is 6.09 Å². The van der Waals surface area contributed by atoms with E-state index in [9.17, 15) is 14.3 Å². The highest BCUT2D eigenvalue weighted by atomic mass is 19.1. The molecule has 0 saturated carbocycles. The van der Waals surface area contributed by atoms with E-state index in [0.29, 0.717) is 12.1 Å². The molecule has 0 bridgehead atoms. The number of hydrogen-bond acceptors (Lipinski definition) is 2. The molecule has 3 rings (SSSR count). The van der Waals surface area contributed by atoms with Gasteiger partial charge in [0, 0.05) is 17.6 Å². The van der Waals surface area contributed by atoms with E-state index in [0.717, 1.165) is 29.6 Å². The van der Waals surface area contributed by atoms with Crippen molar-refractivity contribution in [1.29, 1.82) is 0 Å². The first-order valence-electron chi connectivity index (χ1n) is 5.44. The number of hydrogen-bond donors (Lipinski definition) is 2. The fourth-order valence-electron chi connectivity index (χ4n) is 2.48. The van der Waals surface area contributed by atoms with Crippen molar-refractivity contribution in [3.63, 3.8) is 0 Å². The van der Waals surface area contributed by atoms with Crippen molar-refractivity contribution in [2.75, 3.05) is 6.54 Å². The van der Waals surface area contributed by atoms with E-state index >= 15 is 0 Å². The van der Waals surface area contributed by atoms with E-state index in [1.807, 2.05) is 0 Å². The van der Waals surface area contributed by atoms with Crippen molar-refractivity contribution in [2.24, 2.45) is 0 Å². The van der Waals surface area contributed by atoms with Gasteiger partial charge in [-0.15, -0.1) is 0 Å². The number of rotatable bonds is 0. The minimum atomic E-state index is -1.06. The van der Waals surface area contributed by atoms with Crippen LogP contribution >= 0.6 is 0 Å². The molecule has 1 aromatic carbocycles. The number of carbonyl (C=O) groups is 1. The smallest absolute Gasteiger partial charge is 0.416 e. The zero-order chi connectivity index (χ0) is 12.0. The fourth-order valence-corrected chi connectivity index (χ4v) is 2.48. The van der Waals surface area contributed by atoms with Gasteiger partial charge in [-0.05, 0) is 36.7 Å². The second-order valence-electron chi connectivity index (χ2n) is 4.13. The van der Waals surface area contributed by atoms with E-state index in [4.69, 9.17) is 0 Å². The molecule has 0 saturated heterocycles. The molecule has 88 valence electrons. The van der Waals surface area contributed by atoms with E-state index < -0.39 is 11.9 Å². The Labute approximate surface area is 96.7 Å². The van der Waals surface area contributed by atoms with Crippen molar-refractivity contribution in [3.05, 3.63) is 35.3 Å². The summed E-state index contributed by atoms with van der Waals surface area (Å²) in [6.07, 6.45) is -0.289. The predicted octanol–water partition coefficient (Wildman–Crippen LogP) is 1.95. The average Bonchev–Trinajstić information content (AvgIpc) is 2.62. The quantitative estimate of drug-likeness (QED) is 0.732. The molecular formula is C12H11FN2O2. The first kappa shape index (κ1) is 10.3. The monoisotopic (exact) mass is 234 g/mol. The molecule has 1 aromatic heterocycles. The number of nitrogens with zero attached hydrogens (tertiary/aromatic N) is 1. The maximum Gasteiger partial charge on any atom is 0.416 e. The van der Waals surface area contributed by atoms with Crippen molar-refractivity contribution in [2.45, 2.75) is 13.0 Å². The predicted molar refractivity (Wildman–Crippen MR) is 60.7 cm³/mol. The van der Waals surface area contributed by atoms with Crippen LogP contribution in [0.3, 0.4) is 0 Å². The lowest BCUT2D eigenvalue weighted by atomic mass is 10.0. The topological polar surface area (TPSA) is 54.3 Å². The third-order valence-electron chi connectivity index (χ3n) is 3.18. The van der Waals surface area contributed by atoms with Gasteiger partial charge < -0.3 is 10.4 Å². The third-order valence-corrected chi connectivity index (χ3v) is 3.18. The summed E-state index contributed by atoms with van der Waals surface area (Å²) in [7, 11) is 0. The van der Waals surface area contributed by atoms with E-state index in [-0.39, 0.29) is 0 Å². The molecule has 2 heterocycles. The second-order valence-corrected chi connectivity index (χ2v) is 4.13. The molecule has 2 N–H and O–H groups in total. The van der Waals surface area contributed by atoms with Crippen LogP contribution in [0.25, 0.3) is 10.9 Å². The molecule has 0 radical (unpaired) electrons. The Bertz CT molecular complexity index is 618. The Kier molecular flexibility index (Phi) is 2.16. The Hall–Kier alpha value is -1.88. The van der Waals surface area contributed by atoms with Gasteiger partial charge in [0.15, 0.2) is 0 Å². The number of benzene rings is 1. The lowest BCUT2D eigenvalue weighted by Gasteiger charge is -2.14. The Morgan fingerprint density at radius 2 is 2.29 bits per heavy atom. The third kappa shape index (κ3) is 1.43. The molecule has 0 unspecified atom stereocenters. The summed E-state index contributed by atoms with van der Waals surface area (Å²) in [5, 5.41) is 13.2. The molecule has 0 spiro atoms. The highest BCUT2D eigenvalue weighted by molar-refractivity contribution is 5.93. The largest absolute Gasteiger partial charge is 0.464 e. The van der Waals surface area contributed by atoms with Gasteiger partial charge in [-0.1, -0.05) is 0 Å². The summed E-state index contributed by atoms with van der Waals surface area (Å²) in [5.41, 5.74) is 2.18. The first-order chi connectivity index (χ1) is 8.18. The number of nitrogens with one attached hydrogen (secondary N) is 1. The van der Waals surface area contributed by atoms with Crippen molar-refractivity contribution in [3.8, 4) is 0 Å². The second kappa shape index (κ2) is 3.56. The molecule has 1 aliphatic heterocycles. The Balaban J connectivity index is 2.42. The highest BCUT2D eigenvalue weighted by Gasteiger charge is 2.22. The molecule has 4 nitrogen and oxygen atoms in total. The van der Waals surface area contributed by atoms with Crippen LogP contribution in [0.2, 0.25) is 0 Å². The van der Waals surface area contributed by atoms with Gasteiger partial charge in [-0.25, -0.2) is 13.8 Å². The molecular weight excluding hydrogens is 223 g/mol. The lowest BCUT2D eigenvalue weighted by Crippen LogP contribution is -2.26. The summed E-state index contributed by atoms with van der Waals surface area (Å²) >= 11 is 0. The lowest BCUT2D eigenvalue weighted by molar-refractivity contribution is 0.196. The van der Waals surface area contributed by atoms with E-state index in [1.165, 1.54) is 16.7 Å². The average molecular weight is 234 g/mol. The van der Waals surface area contributed by atoms with Crippen molar-refractivity contribution in [1.82, 2.24) is 9.88 Å². The molecule has 0 fully saturated rings. The van der Waals surface area contributed by atoms with Crippen LogP contribution in [-0.4, -0.2) is 22.3 Å². The van der Waals surface area contributed by atoms with E-state index in [1.54, 1.807) is 6.07 Å². The molecule has 2 aromatic rings. The van der Waals surface area contributed by atoms with Crippen LogP contribution in [0.1, 0.15) is 11.3 Å². The molecule has 0 atom stereocenters. The first-order valence-corrected chi connectivity index (χ1v) is 5.44. The normalized spacial score (nSPS) is 14.9. The van der Waals surface area contributed by atoms with Crippen LogP contribution in [-0.2, 0) is 13.0 Å². The minimum absolute atomic E-state index is 0.414. The van der Waals surface area contributed by atoms with Crippen LogP contribution in [0.4, 0.5) is 9.18 Å². The number of aromatic nitrogens is 1. The van der Waals surface area contributed by atoms with Gasteiger partial charge in [0.05, 0.1) is 5.52 Å². The Morgan fingerprint density at radius 3 is 3.06 bits per heavy atom. The summed E-state index contributed by atoms with van der Waals surface area (Å²) in [4.78, 5) is 11.3. The van der Waals surface area contributed by atoms with E-state index in [2.05, 4.69) is 5.32 Å².